The number of ether oxygens (including phenoxy) is 1. The quantitative estimate of drug-likeness (QED) is 0.112. The zero-order valence-corrected chi connectivity index (χ0v) is 22.6. The van der Waals surface area contributed by atoms with Gasteiger partial charge in [0.1, 0.15) is 18.2 Å². The summed E-state index contributed by atoms with van der Waals surface area (Å²) in [7, 11) is 0. The fourth-order valence-electron chi connectivity index (χ4n) is 3.94. The molecular weight excluding hydrogens is 548 g/mol. The Bertz CT molecular complexity index is 1110. The van der Waals surface area contributed by atoms with Crippen molar-refractivity contribution in [2.75, 3.05) is 13.1 Å². The van der Waals surface area contributed by atoms with E-state index < -0.39 is 79.1 Å². The van der Waals surface area contributed by atoms with E-state index in [1.165, 1.54) is 0 Å². The van der Waals surface area contributed by atoms with Crippen LogP contribution in [0.5, 0.6) is 0 Å². The molecule has 4 atom stereocenters. The molecule has 18 heteroatoms. The molecule has 0 radical (unpaired) electrons. The average molecular weight is 583 g/mol. The maximum Gasteiger partial charge on any atom is 0.306 e. The van der Waals surface area contributed by atoms with E-state index in [1.807, 2.05) is 0 Å². The Kier molecular flexibility index (Phi) is 12.6. The van der Waals surface area contributed by atoms with Crippen molar-refractivity contribution in [2.24, 2.45) is 5.92 Å². The molecule has 4 amide bonds. The van der Waals surface area contributed by atoms with Crippen LogP contribution < -0.4 is 16.0 Å². The van der Waals surface area contributed by atoms with E-state index in [9.17, 15) is 33.6 Å². The lowest BCUT2D eigenvalue weighted by atomic mass is 9.98. The van der Waals surface area contributed by atoms with Crippen molar-refractivity contribution >= 4 is 41.5 Å². The van der Waals surface area contributed by atoms with E-state index in [0.29, 0.717) is 6.42 Å². The Balaban J connectivity index is 2.06. The molecular formula is C23H34N8O10. The first-order valence-electron chi connectivity index (χ1n) is 12.9. The molecule has 2 rings (SSSR count). The fraction of sp³-hybridized carbons (Fsp3) is 0.652. The van der Waals surface area contributed by atoms with Crippen LogP contribution in [-0.2, 0) is 44.8 Å². The number of carboxylic acid groups (broad SMARTS) is 2. The lowest BCUT2D eigenvalue weighted by molar-refractivity contribution is -0.152. The average Bonchev–Trinajstić information content (AvgIpc) is 3.60. The molecule has 1 saturated heterocycles. The number of aromatic amines is 1. The molecule has 1 aromatic rings. The van der Waals surface area contributed by atoms with Crippen LogP contribution in [0, 0.1) is 5.92 Å². The first-order chi connectivity index (χ1) is 19.4. The van der Waals surface area contributed by atoms with Crippen molar-refractivity contribution in [2.45, 2.75) is 77.1 Å². The number of aromatic nitrogens is 4. The van der Waals surface area contributed by atoms with Crippen LogP contribution in [0.2, 0.25) is 0 Å². The number of carbonyl (C=O) groups excluding carboxylic acids is 5. The highest BCUT2D eigenvalue weighted by Gasteiger charge is 2.41. The lowest BCUT2D eigenvalue weighted by Crippen LogP contribution is -2.53. The maximum absolute atomic E-state index is 13.1. The van der Waals surface area contributed by atoms with Gasteiger partial charge < -0.3 is 35.8 Å². The van der Waals surface area contributed by atoms with Gasteiger partial charge in [-0.2, -0.15) is 5.21 Å². The molecule has 0 spiro atoms. The largest absolute Gasteiger partial charge is 0.481 e. The second kappa shape index (κ2) is 15.8. The Morgan fingerprint density at radius 2 is 1.73 bits per heavy atom. The predicted molar refractivity (Wildman–Crippen MR) is 134 cm³/mol. The first kappa shape index (κ1) is 32.6. The van der Waals surface area contributed by atoms with E-state index in [4.69, 9.17) is 14.9 Å². The number of carboxylic acids is 2. The molecule has 1 aromatic heterocycles. The van der Waals surface area contributed by atoms with Gasteiger partial charge in [-0.25, -0.2) is 0 Å². The van der Waals surface area contributed by atoms with Crippen LogP contribution in [0.15, 0.2) is 0 Å². The third-order valence-electron chi connectivity index (χ3n) is 6.33. The van der Waals surface area contributed by atoms with Gasteiger partial charge >= 0.3 is 17.9 Å². The highest BCUT2D eigenvalue weighted by Crippen LogP contribution is 2.22. The van der Waals surface area contributed by atoms with E-state index in [1.54, 1.807) is 13.8 Å². The van der Waals surface area contributed by atoms with Crippen molar-refractivity contribution in [1.29, 1.82) is 0 Å². The molecule has 41 heavy (non-hydrogen) atoms. The topological polar surface area (TPSA) is 263 Å². The summed E-state index contributed by atoms with van der Waals surface area (Å²) in [6.45, 7) is 2.66. The molecule has 226 valence electrons. The number of tetrazole rings is 1. The summed E-state index contributed by atoms with van der Waals surface area (Å²) in [6, 6.07) is -2.13. The van der Waals surface area contributed by atoms with E-state index >= 15 is 0 Å². The van der Waals surface area contributed by atoms with Crippen LogP contribution >= 0.6 is 0 Å². The normalized spacial score (nSPS) is 17.7. The van der Waals surface area contributed by atoms with Crippen LogP contribution in [0.3, 0.4) is 0 Å². The molecule has 18 nitrogen and oxygen atoms in total. The molecule has 1 unspecified atom stereocenters. The van der Waals surface area contributed by atoms with Crippen LogP contribution in [-0.4, -0.2) is 109 Å². The van der Waals surface area contributed by atoms with Crippen molar-refractivity contribution in [3.63, 3.8) is 0 Å². The van der Waals surface area contributed by atoms with Gasteiger partial charge in [0.2, 0.25) is 23.6 Å². The molecule has 1 aliphatic heterocycles. The number of nitrogens with one attached hydrogen (secondary N) is 4. The van der Waals surface area contributed by atoms with Gasteiger partial charge in [0.25, 0.3) is 0 Å². The van der Waals surface area contributed by atoms with Crippen molar-refractivity contribution in [1.82, 2.24) is 41.5 Å². The number of hydrogen-bond acceptors (Lipinski definition) is 11. The number of rotatable bonds is 16. The number of nitrogens with zero attached hydrogens (tertiary/aromatic N) is 4. The highest BCUT2D eigenvalue weighted by molar-refractivity contribution is 5.93. The third kappa shape index (κ3) is 10.8. The van der Waals surface area contributed by atoms with Crippen molar-refractivity contribution < 1.29 is 48.5 Å². The summed E-state index contributed by atoms with van der Waals surface area (Å²) in [5.41, 5.74) is 0. The van der Waals surface area contributed by atoms with E-state index in [0.717, 1.165) is 4.90 Å². The summed E-state index contributed by atoms with van der Waals surface area (Å²) in [4.78, 5) is 85.7. The van der Waals surface area contributed by atoms with Crippen molar-refractivity contribution in [3.05, 3.63) is 5.82 Å². The summed E-state index contributed by atoms with van der Waals surface area (Å²) in [6.07, 6.45) is -2.06. The molecule has 0 aliphatic carbocycles. The zero-order chi connectivity index (χ0) is 30.5. The maximum atomic E-state index is 13.1. The minimum absolute atomic E-state index is 0.0777. The first-order valence-corrected chi connectivity index (χ1v) is 12.9. The number of H-pyrrole nitrogens is 1. The molecule has 6 N–H and O–H groups in total. The fourth-order valence-corrected chi connectivity index (χ4v) is 3.94. The van der Waals surface area contributed by atoms with Crippen LogP contribution in [0.4, 0.5) is 0 Å². The number of aliphatic carboxylic acids is 2. The Morgan fingerprint density at radius 1 is 1.05 bits per heavy atom. The van der Waals surface area contributed by atoms with Gasteiger partial charge in [-0.05, 0) is 5.92 Å². The Hall–Kier alpha value is -4.64. The lowest BCUT2D eigenvalue weighted by Gasteiger charge is -2.26. The molecule has 0 saturated carbocycles. The summed E-state index contributed by atoms with van der Waals surface area (Å²) >= 11 is 0. The SMILES string of the molecule is CC[C@H](C)[C@H](NC(=O)CCC(=O)O)C(=O)NCC(=O)N1C[C@H](OC(=O)CCC(=O)O)CC1C(=O)NCc1nn[nH]n1. The van der Waals surface area contributed by atoms with Crippen LogP contribution in [0.1, 0.15) is 58.2 Å². The minimum Gasteiger partial charge on any atom is -0.481 e. The highest BCUT2D eigenvalue weighted by atomic mass is 16.5. The predicted octanol–water partition coefficient (Wildman–Crippen LogP) is -2.29. The standard InChI is InChI=1S/C23H34N8O10/c1-3-12(2)21(26-16(32)4-5-18(34)35)23(40)25-10-17(33)31-11-13(41-20(38)7-6-19(36)37)8-14(31)22(39)24-9-15-27-29-30-28-15/h12-14,21H,3-11H2,1-2H3,(H,24,39)(H,25,40)(H,26,32)(H,34,35)(H,36,37)(H,27,28,29,30)/t12-,13+,14?,21-/m0/s1. The summed E-state index contributed by atoms with van der Waals surface area (Å²) < 4.78 is 5.27. The number of hydrogen-bond donors (Lipinski definition) is 6. The van der Waals surface area contributed by atoms with Crippen molar-refractivity contribution in [3.8, 4) is 0 Å². The number of amides is 4. The monoisotopic (exact) mass is 582 g/mol. The van der Waals surface area contributed by atoms with Crippen LogP contribution in [0.25, 0.3) is 0 Å². The second-order valence-corrected chi connectivity index (χ2v) is 9.39. The van der Waals surface area contributed by atoms with Gasteiger partial charge in [0.05, 0.1) is 38.9 Å². The minimum atomic E-state index is -1.19. The summed E-state index contributed by atoms with van der Waals surface area (Å²) in [5, 5.41) is 38.1. The Labute approximate surface area is 233 Å². The molecule has 1 aliphatic rings. The molecule has 2 heterocycles. The number of esters is 1. The molecule has 0 bridgehead atoms. The van der Waals surface area contributed by atoms with Gasteiger partial charge in [-0.3, -0.25) is 33.6 Å². The van der Waals surface area contributed by atoms with Gasteiger partial charge in [-0.1, -0.05) is 25.5 Å². The number of carbonyl (C=O) groups is 7. The number of likely N-dealkylation sites (tertiary alicyclic amines) is 1. The van der Waals surface area contributed by atoms with Gasteiger partial charge in [0, 0.05) is 12.8 Å². The second-order valence-electron chi connectivity index (χ2n) is 9.39. The summed E-state index contributed by atoms with van der Waals surface area (Å²) in [5.74, 6) is -5.92. The molecule has 1 fully saturated rings. The van der Waals surface area contributed by atoms with E-state index in [-0.39, 0.29) is 44.1 Å². The van der Waals surface area contributed by atoms with Gasteiger partial charge in [0.15, 0.2) is 5.82 Å². The smallest absolute Gasteiger partial charge is 0.306 e. The molecule has 0 aromatic carbocycles. The third-order valence-corrected chi connectivity index (χ3v) is 6.33. The van der Waals surface area contributed by atoms with Gasteiger partial charge in [-0.15, -0.1) is 10.2 Å². The zero-order valence-electron chi connectivity index (χ0n) is 22.6. The Morgan fingerprint density at radius 3 is 2.34 bits per heavy atom. The van der Waals surface area contributed by atoms with E-state index in [2.05, 4.69) is 36.6 Å².